The molecule has 3 atom stereocenters. The first-order valence-electron chi connectivity index (χ1n) is 6.67. The first kappa shape index (κ1) is 18.5. The molecule has 1 aliphatic rings. The molecule has 134 valence electrons. The molecule has 0 amide bonds. The third kappa shape index (κ3) is 4.38. The second-order valence-electron chi connectivity index (χ2n) is 5.07. The number of ether oxygens (including phenoxy) is 1. The molecule has 2 heterocycles. The van der Waals surface area contributed by atoms with Crippen molar-refractivity contribution in [2.45, 2.75) is 31.3 Å². The quantitative estimate of drug-likeness (QED) is 0.349. The molecule has 0 saturated carbocycles. The van der Waals surface area contributed by atoms with Crippen molar-refractivity contribution in [3.63, 3.8) is 0 Å². The van der Waals surface area contributed by atoms with E-state index in [0.29, 0.717) is 0 Å². The molecule has 12 nitrogen and oxygen atoms in total. The Kier molecular flexibility index (Phi) is 5.38. The van der Waals surface area contributed by atoms with E-state index in [2.05, 4.69) is 4.52 Å². The fourth-order valence-corrected chi connectivity index (χ4v) is 2.93. The summed E-state index contributed by atoms with van der Waals surface area (Å²) in [5, 5.41) is 18.0. The molecule has 0 radical (unpaired) electrons. The second kappa shape index (κ2) is 6.97. The summed E-state index contributed by atoms with van der Waals surface area (Å²) in [6, 6.07) is 0. The number of H-pyrrole nitrogens is 1. The minimum absolute atomic E-state index is 0.200. The van der Waals surface area contributed by atoms with E-state index in [4.69, 9.17) is 19.6 Å². The largest absolute Gasteiger partial charge is 0.481 e. The molecule has 13 heteroatoms. The number of carboxylic acids is 1. The van der Waals surface area contributed by atoms with Gasteiger partial charge in [0.2, 0.25) is 0 Å². The number of phosphoric acid groups is 1. The summed E-state index contributed by atoms with van der Waals surface area (Å²) in [4.78, 5) is 53.8. The molecular weight excluding hydrogens is 351 g/mol. The molecule has 1 aliphatic heterocycles. The molecule has 1 aromatic rings. The predicted molar refractivity (Wildman–Crippen MR) is 75.2 cm³/mol. The van der Waals surface area contributed by atoms with Gasteiger partial charge < -0.3 is 24.7 Å². The number of hydrogen-bond donors (Lipinski definition) is 5. The van der Waals surface area contributed by atoms with Gasteiger partial charge in [-0.3, -0.25) is 23.7 Å². The first-order chi connectivity index (χ1) is 11.1. The standard InChI is InChI=1S/C11H15N2O10P/c14-4-7-6(23-24(19,20)21)2-8(22-7)13-3-5(1-9(15)16)10(17)12-11(13)18/h3,6-8,14H,1-2,4H2,(H,15,16)(H,12,17,18)(H2,19,20,21)/t6-,7+,8+/m0/s1. The Labute approximate surface area is 133 Å². The number of nitrogens with zero attached hydrogens (tertiary/aromatic N) is 1. The summed E-state index contributed by atoms with van der Waals surface area (Å²) in [5.41, 5.74) is -1.96. The molecule has 0 aliphatic carbocycles. The lowest BCUT2D eigenvalue weighted by Gasteiger charge is -2.16. The van der Waals surface area contributed by atoms with E-state index in [1.807, 2.05) is 4.98 Å². The van der Waals surface area contributed by atoms with Crippen molar-refractivity contribution in [1.82, 2.24) is 9.55 Å². The van der Waals surface area contributed by atoms with Gasteiger partial charge in [0.25, 0.3) is 5.56 Å². The number of aliphatic carboxylic acids is 1. The van der Waals surface area contributed by atoms with Crippen LogP contribution < -0.4 is 11.2 Å². The van der Waals surface area contributed by atoms with Crippen molar-refractivity contribution >= 4 is 13.8 Å². The zero-order valence-corrected chi connectivity index (χ0v) is 13.0. The number of aliphatic hydroxyl groups is 1. The minimum Gasteiger partial charge on any atom is -0.481 e. The number of carbonyl (C=O) groups is 1. The van der Waals surface area contributed by atoms with Crippen molar-refractivity contribution in [2.24, 2.45) is 0 Å². The van der Waals surface area contributed by atoms with Crippen molar-refractivity contribution in [3.8, 4) is 0 Å². The fraction of sp³-hybridized carbons (Fsp3) is 0.545. The summed E-state index contributed by atoms with van der Waals surface area (Å²) >= 11 is 0. The molecule has 1 saturated heterocycles. The van der Waals surface area contributed by atoms with Crippen LogP contribution in [0.15, 0.2) is 15.8 Å². The molecule has 0 unspecified atom stereocenters. The number of aromatic amines is 1. The van der Waals surface area contributed by atoms with Gasteiger partial charge in [0, 0.05) is 18.2 Å². The average molecular weight is 366 g/mol. The van der Waals surface area contributed by atoms with Gasteiger partial charge in [-0.05, 0) is 0 Å². The van der Waals surface area contributed by atoms with E-state index in [9.17, 15) is 24.1 Å². The van der Waals surface area contributed by atoms with Crippen LogP contribution in [0.4, 0.5) is 0 Å². The summed E-state index contributed by atoms with van der Waals surface area (Å²) in [6.45, 7) is -0.624. The van der Waals surface area contributed by atoms with Crippen molar-refractivity contribution in [1.29, 1.82) is 0 Å². The number of carboxylic acid groups (broad SMARTS) is 1. The maximum Gasteiger partial charge on any atom is 0.469 e. The highest BCUT2D eigenvalue weighted by atomic mass is 31.2. The van der Waals surface area contributed by atoms with Crippen LogP contribution in [0.2, 0.25) is 0 Å². The molecule has 1 aromatic heterocycles. The average Bonchev–Trinajstić information content (AvgIpc) is 2.82. The number of nitrogens with one attached hydrogen (secondary N) is 1. The third-order valence-corrected chi connectivity index (χ3v) is 3.87. The lowest BCUT2D eigenvalue weighted by Crippen LogP contribution is -2.34. The molecular formula is C11H15N2O10P. The number of phosphoric ester groups is 1. The van der Waals surface area contributed by atoms with Crippen LogP contribution in [0.5, 0.6) is 0 Å². The van der Waals surface area contributed by atoms with Crippen LogP contribution in [0, 0.1) is 0 Å². The van der Waals surface area contributed by atoms with E-state index < -0.39 is 56.5 Å². The molecule has 5 N–H and O–H groups in total. The summed E-state index contributed by atoms with van der Waals surface area (Å²) in [5.74, 6) is -1.28. The second-order valence-corrected chi connectivity index (χ2v) is 6.27. The molecule has 0 bridgehead atoms. The molecule has 24 heavy (non-hydrogen) atoms. The predicted octanol–water partition coefficient (Wildman–Crippen LogP) is -2.08. The highest BCUT2D eigenvalue weighted by Gasteiger charge is 2.40. The topological polar surface area (TPSA) is 188 Å². The number of aromatic nitrogens is 2. The smallest absolute Gasteiger partial charge is 0.469 e. The Balaban J connectivity index is 2.32. The van der Waals surface area contributed by atoms with Crippen molar-refractivity contribution in [2.75, 3.05) is 6.61 Å². The minimum atomic E-state index is -4.85. The maximum absolute atomic E-state index is 11.9. The lowest BCUT2D eigenvalue weighted by atomic mass is 10.2. The Morgan fingerprint density at radius 2 is 2.12 bits per heavy atom. The van der Waals surface area contributed by atoms with Crippen LogP contribution in [-0.4, -0.2) is 54.3 Å². The van der Waals surface area contributed by atoms with Crippen LogP contribution >= 0.6 is 7.82 Å². The normalized spacial score (nSPS) is 24.2. The SMILES string of the molecule is O=C(O)Cc1cn([C@H]2C[C@H](OP(=O)(O)O)[C@@H](CO)O2)c(=O)[nH]c1=O. The van der Waals surface area contributed by atoms with Gasteiger partial charge in [-0.1, -0.05) is 0 Å². The van der Waals surface area contributed by atoms with Crippen molar-refractivity contribution < 1.29 is 38.6 Å². The molecule has 2 rings (SSSR count). The van der Waals surface area contributed by atoms with Gasteiger partial charge in [0.1, 0.15) is 18.4 Å². The van der Waals surface area contributed by atoms with Gasteiger partial charge in [-0.25, -0.2) is 9.36 Å². The summed E-state index contributed by atoms with van der Waals surface area (Å²) < 4.78 is 21.6. The molecule has 0 aromatic carbocycles. The number of aliphatic hydroxyl groups excluding tert-OH is 1. The molecule has 1 fully saturated rings. The van der Waals surface area contributed by atoms with Gasteiger partial charge in [0.05, 0.1) is 13.0 Å². The summed E-state index contributed by atoms with van der Waals surface area (Å²) in [6.07, 6.45) is -3.24. The Morgan fingerprint density at radius 3 is 2.67 bits per heavy atom. The number of rotatable bonds is 6. The zero-order valence-electron chi connectivity index (χ0n) is 12.1. The highest BCUT2D eigenvalue weighted by Crippen LogP contribution is 2.43. The Hall–Kier alpha value is -1.82. The number of hydrogen-bond acceptors (Lipinski definition) is 7. The Bertz CT molecular complexity index is 780. The van der Waals surface area contributed by atoms with Gasteiger partial charge >= 0.3 is 19.5 Å². The van der Waals surface area contributed by atoms with E-state index in [1.165, 1.54) is 0 Å². The highest BCUT2D eigenvalue weighted by molar-refractivity contribution is 7.46. The van der Waals surface area contributed by atoms with E-state index >= 15 is 0 Å². The Morgan fingerprint density at radius 1 is 1.46 bits per heavy atom. The lowest BCUT2D eigenvalue weighted by molar-refractivity contribution is -0.136. The van der Waals surface area contributed by atoms with Gasteiger partial charge in [-0.15, -0.1) is 0 Å². The van der Waals surface area contributed by atoms with Gasteiger partial charge in [-0.2, -0.15) is 0 Å². The van der Waals surface area contributed by atoms with Crippen LogP contribution in [0.25, 0.3) is 0 Å². The van der Waals surface area contributed by atoms with E-state index in [0.717, 1.165) is 10.8 Å². The van der Waals surface area contributed by atoms with E-state index in [-0.39, 0.29) is 12.0 Å². The fourth-order valence-electron chi connectivity index (χ4n) is 2.35. The summed E-state index contributed by atoms with van der Waals surface area (Å²) in [7, 11) is -4.85. The first-order valence-corrected chi connectivity index (χ1v) is 8.20. The monoisotopic (exact) mass is 366 g/mol. The van der Waals surface area contributed by atoms with Crippen LogP contribution in [0.3, 0.4) is 0 Å². The van der Waals surface area contributed by atoms with E-state index in [1.54, 1.807) is 0 Å². The van der Waals surface area contributed by atoms with Crippen molar-refractivity contribution in [3.05, 3.63) is 32.6 Å². The zero-order chi connectivity index (χ0) is 18.1. The van der Waals surface area contributed by atoms with Crippen LogP contribution in [-0.2, 0) is 25.0 Å². The molecule has 0 spiro atoms. The third-order valence-electron chi connectivity index (χ3n) is 3.33. The van der Waals surface area contributed by atoms with Gasteiger partial charge in [0.15, 0.2) is 0 Å². The maximum atomic E-state index is 11.9. The van der Waals surface area contributed by atoms with Crippen LogP contribution in [0.1, 0.15) is 18.2 Å².